The van der Waals surface area contributed by atoms with Gasteiger partial charge in [0.2, 0.25) is 0 Å². The van der Waals surface area contributed by atoms with E-state index in [2.05, 4.69) is 9.97 Å². The van der Waals surface area contributed by atoms with E-state index < -0.39 is 0 Å². The fourth-order valence-corrected chi connectivity index (χ4v) is 2.48. The Labute approximate surface area is 140 Å². The van der Waals surface area contributed by atoms with Crippen molar-refractivity contribution in [2.45, 2.75) is 26.2 Å². The Balaban J connectivity index is 1.87. The molecule has 0 saturated heterocycles. The molecule has 1 heterocycles. The summed E-state index contributed by atoms with van der Waals surface area (Å²) >= 11 is 0. The number of aromatic nitrogens is 2. The minimum Gasteiger partial charge on any atom is -0.493 e. The molecule has 3 rings (SSSR count). The van der Waals surface area contributed by atoms with Crippen molar-refractivity contribution in [2.24, 2.45) is 0 Å². The molecule has 0 fully saturated rings. The number of benzene rings is 2. The fourth-order valence-electron chi connectivity index (χ4n) is 2.48. The lowest BCUT2D eigenvalue weighted by Crippen LogP contribution is -2.08. The van der Waals surface area contributed by atoms with E-state index in [-0.39, 0.29) is 5.97 Å². The van der Waals surface area contributed by atoms with E-state index in [1.807, 2.05) is 43.3 Å². The minimum atomic E-state index is -0.244. The largest absolute Gasteiger partial charge is 0.493 e. The zero-order chi connectivity index (χ0) is 16.9. The Morgan fingerprint density at radius 2 is 2.00 bits per heavy atom. The van der Waals surface area contributed by atoms with Gasteiger partial charge in [0.05, 0.1) is 18.1 Å². The number of nitrogens with one attached hydrogen (secondary N) is 1. The van der Waals surface area contributed by atoms with Crippen molar-refractivity contribution in [1.29, 1.82) is 0 Å². The second kappa shape index (κ2) is 7.17. The van der Waals surface area contributed by atoms with Crippen LogP contribution in [-0.4, -0.2) is 23.0 Å². The molecule has 0 aliphatic heterocycles. The van der Waals surface area contributed by atoms with Crippen molar-refractivity contribution in [2.75, 3.05) is 7.11 Å². The summed E-state index contributed by atoms with van der Waals surface area (Å²) in [5, 5.41) is 0. The van der Waals surface area contributed by atoms with Crippen molar-refractivity contribution in [1.82, 2.24) is 9.97 Å². The summed E-state index contributed by atoms with van der Waals surface area (Å²) in [6, 6.07) is 13.3. The van der Waals surface area contributed by atoms with Crippen LogP contribution in [0.5, 0.6) is 11.5 Å². The van der Waals surface area contributed by atoms with E-state index in [1.54, 1.807) is 13.2 Å². The molecule has 0 unspecified atom stereocenters. The Morgan fingerprint density at radius 1 is 1.17 bits per heavy atom. The van der Waals surface area contributed by atoms with E-state index in [0.29, 0.717) is 17.9 Å². The lowest BCUT2D eigenvalue weighted by molar-refractivity contribution is -0.134. The number of imidazole rings is 1. The van der Waals surface area contributed by atoms with Crippen LogP contribution in [-0.2, 0) is 4.79 Å². The third kappa shape index (κ3) is 3.40. The SMILES string of the molecule is CCCCC(=O)Oc1ccc(-c2nc3ccccc3[nH]2)cc1OC. The third-order valence-electron chi connectivity index (χ3n) is 3.78. The van der Waals surface area contributed by atoms with E-state index in [9.17, 15) is 4.79 Å². The molecule has 3 aromatic rings. The molecule has 24 heavy (non-hydrogen) atoms. The summed E-state index contributed by atoms with van der Waals surface area (Å²) in [6.07, 6.45) is 2.18. The molecule has 0 saturated carbocycles. The van der Waals surface area contributed by atoms with Gasteiger partial charge in [0.25, 0.3) is 0 Å². The van der Waals surface area contributed by atoms with Gasteiger partial charge < -0.3 is 14.5 Å². The molecular formula is C19H20N2O3. The van der Waals surface area contributed by atoms with Gasteiger partial charge in [-0.25, -0.2) is 4.98 Å². The highest BCUT2D eigenvalue weighted by molar-refractivity contribution is 5.80. The van der Waals surface area contributed by atoms with Gasteiger partial charge in [0, 0.05) is 12.0 Å². The van der Waals surface area contributed by atoms with Crippen LogP contribution in [0.4, 0.5) is 0 Å². The maximum Gasteiger partial charge on any atom is 0.311 e. The number of aromatic amines is 1. The molecule has 0 atom stereocenters. The summed E-state index contributed by atoms with van der Waals surface area (Å²) in [5.41, 5.74) is 2.75. The Kier molecular flexibility index (Phi) is 4.79. The van der Waals surface area contributed by atoms with E-state index in [4.69, 9.17) is 9.47 Å². The van der Waals surface area contributed by atoms with Crippen LogP contribution in [0.2, 0.25) is 0 Å². The van der Waals surface area contributed by atoms with Gasteiger partial charge in [-0.1, -0.05) is 25.5 Å². The van der Waals surface area contributed by atoms with Crippen LogP contribution >= 0.6 is 0 Å². The number of carbonyl (C=O) groups is 1. The first-order valence-corrected chi connectivity index (χ1v) is 8.05. The maximum atomic E-state index is 11.8. The molecule has 5 nitrogen and oxygen atoms in total. The zero-order valence-electron chi connectivity index (χ0n) is 13.8. The van der Waals surface area contributed by atoms with Crippen molar-refractivity contribution >= 4 is 17.0 Å². The average molecular weight is 324 g/mol. The molecule has 1 N–H and O–H groups in total. The number of H-pyrrole nitrogens is 1. The van der Waals surface area contributed by atoms with Crippen LogP contribution in [0.15, 0.2) is 42.5 Å². The summed E-state index contributed by atoms with van der Waals surface area (Å²) in [4.78, 5) is 19.7. The predicted octanol–water partition coefficient (Wildman–Crippen LogP) is 4.33. The number of hydrogen-bond acceptors (Lipinski definition) is 4. The number of rotatable bonds is 6. The van der Waals surface area contributed by atoms with E-state index >= 15 is 0 Å². The Bertz CT molecular complexity index is 822. The number of carbonyl (C=O) groups excluding carboxylic acids is 1. The van der Waals surface area contributed by atoms with E-state index in [0.717, 1.165) is 35.3 Å². The molecule has 5 heteroatoms. The summed E-state index contributed by atoms with van der Waals surface area (Å²) in [5.74, 6) is 1.45. The number of para-hydroxylation sites is 2. The molecule has 124 valence electrons. The van der Waals surface area contributed by atoms with Crippen LogP contribution in [0, 0.1) is 0 Å². The van der Waals surface area contributed by atoms with Crippen molar-refractivity contribution in [3.63, 3.8) is 0 Å². The van der Waals surface area contributed by atoms with Gasteiger partial charge in [0.1, 0.15) is 5.82 Å². The molecule has 0 aliphatic carbocycles. The maximum absolute atomic E-state index is 11.8. The molecule has 0 radical (unpaired) electrons. The van der Waals surface area contributed by atoms with Gasteiger partial charge in [-0.2, -0.15) is 0 Å². The van der Waals surface area contributed by atoms with Gasteiger partial charge in [0.15, 0.2) is 11.5 Å². The van der Waals surface area contributed by atoms with Gasteiger partial charge in [-0.3, -0.25) is 4.79 Å². The first-order chi connectivity index (χ1) is 11.7. The van der Waals surface area contributed by atoms with Crippen molar-refractivity contribution in [3.05, 3.63) is 42.5 Å². The van der Waals surface area contributed by atoms with Crippen LogP contribution in [0.25, 0.3) is 22.4 Å². The first-order valence-electron chi connectivity index (χ1n) is 8.05. The third-order valence-corrected chi connectivity index (χ3v) is 3.78. The molecule has 1 aromatic heterocycles. The van der Waals surface area contributed by atoms with Gasteiger partial charge in [-0.15, -0.1) is 0 Å². The Hall–Kier alpha value is -2.82. The summed E-state index contributed by atoms with van der Waals surface area (Å²) in [6.45, 7) is 2.04. The van der Waals surface area contributed by atoms with Gasteiger partial charge >= 0.3 is 5.97 Å². The standard InChI is InChI=1S/C19H20N2O3/c1-3-4-9-18(22)24-16-11-10-13(12-17(16)23-2)19-20-14-7-5-6-8-15(14)21-19/h5-8,10-12H,3-4,9H2,1-2H3,(H,20,21). The lowest BCUT2D eigenvalue weighted by Gasteiger charge is -2.10. The lowest BCUT2D eigenvalue weighted by atomic mass is 10.2. The highest BCUT2D eigenvalue weighted by atomic mass is 16.6. The number of hydrogen-bond donors (Lipinski definition) is 1. The fraction of sp³-hybridized carbons (Fsp3) is 0.263. The highest BCUT2D eigenvalue weighted by Gasteiger charge is 2.13. The predicted molar refractivity (Wildman–Crippen MR) is 93.2 cm³/mol. The minimum absolute atomic E-state index is 0.244. The molecule has 0 spiro atoms. The molecule has 0 aliphatic rings. The quantitative estimate of drug-likeness (QED) is 0.541. The summed E-state index contributed by atoms with van der Waals surface area (Å²) < 4.78 is 10.8. The number of nitrogens with zero attached hydrogens (tertiary/aromatic N) is 1. The number of fused-ring (bicyclic) bond motifs is 1. The van der Waals surface area contributed by atoms with Crippen LogP contribution < -0.4 is 9.47 Å². The molecule has 0 bridgehead atoms. The average Bonchev–Trinajstić information content (AvgIpc) is 3.04. The topological polar surface area (TPSA) is 64.2 Å². The summed E-state index contributed by atoms with van der Waals surface area (Å²) in [7, 11) is 1.56. The number of esters is 1. The van der Waals surface area contributed by atoms with Crippen LogP contribution in [0.1, 0.15) is 26.2 Å². The van der Waals surface area contributed by atoms with Gasteiger partial charge in [-0.05, 0) is 36.8 Å². The normalized spacial score (nSPS) is 10.8. The van der Waals surface area contributed by atoms with Crippen molar-refractivity contribution < 1.29 is 14.3 Å². The van der Waals surface area contributed by atoms with Crippen molar-refractivity contribution in [3.8, 4) is 22.9 Å². The second-order valence-electron chi connectivity index (χ2n) is 5.55. The smallest absolute Gasteiger partial charge is 0.311 e. The molecular weight excluding hydrogens is 304 g/mol. The Morgan fingerprint density at radius 3 is 2.75 bits per heavy atom. The second-order valence-corrected chi connectivity index (χ2v) is 5.55. The van der Waals surface area contributed by atoms with Crippen LogP contribution in [0.3, 0.4) is 0 Å². The molecule has 0 amide bonds. The van der Waals surface area contributed by atoms with E-state index in [1.165, 1.54) is 0 Å². The first kappa shape index (κ1) is 16.1. The number of ether oxygens (including phenoxy) is 2. The highest BCUT2D eigenvalue weighted by Crippen LogP contribution is 2.32. The number of methoxy groups -OCH3 is 1. The number of unbranched alkanes of at least 4 members (excludes halogenated alkanes) is 1. The monoisotopic (exact) mass is 324 g/mol. The zero-order valence-corrected chi connectivity index (χ0v) is 13.8. The molecule has 2 aromatic carbocycles.